The smallest absolute Gasteiger partial charge is 0.140 e. The van der Waals surface area contributed by atoms with Crippen LogP contribution >= 0.6 is 0 Å². The molecule has 0 aromatic heterocycles. The van der Waals surface area contributed by atoms with Crippen molar-refractivity contribution in [1.82, 2.24) is 10.2 Å². The number of nitrogens with zero attached hydrogens (tertiary/aromatic N) is 2. The molecule has 1 aromatic carbocycles. The van der Waals surface area contributed by atoms with Crippen molar-refractivity contribution in [2.45, 2.75) is 38.8 Å². The Morgan fingerprint density at radius 1 is 1.48 bits per heavy atom. The summed E-state index contributed by atoms with van der Waals surface area (Å²) in [5.41, 5.74) is 1.19. The van der Waals surface area contributed by atoms with Gasteiger partial charge in [-0.2, -0.15) is 5.26 Å². The van der Waals surface area contributed by atoms with Crippen molar-refractivity contribution in [1.29, 1.82) is 5.26 Å². The third-order valence-electron chi connectivity index (χ3n) is 4.25. The Morgan fingerprint density at radius 2 is 2.24 bits per heavy atom. The molecule has 2 unspecified atom stereocenters. The van der Waals surface area contributed by atoms with Crippen LogP contribution in [0.3, 0.4) is 0 Å². The van der Waals surface area contributed by atoms with Gasteiger partial charge >= 0.3 is 0 Å². The van der Waals surface area contributed by atoms with E-state index in [1.807, 2.05) is 12.1 Å². The monoisotopic (exact) mass is 289 g/mol. The Balaban J connectivity index is 2.25. The first-order valence-electron chi connectivity index (χ1n) is 7.66. The number of nitriles is 1. The Hall–Kier alpha value is -1.44. The number of hydrogen-bond donors (Lipinski definition) is 1. The van der Waals surface area contributed by atoms with E-state index in [0.717, 1.165) is 25.1 Å². The molecule has 1 aliphatic rings. The summed E-state index contributed by atoms with van der Waals surface area (Å²) in [5, 5.41) is 12.5. The predicted molar refractivity (Wildman–Crippen MR) is 82.3 cm³/mol. The summed E-state index contributed by atoms with van der Waals surface area (Å²) in [4.78, 5) is 2.32. The van der Waals surface area contributed by atoms with E-state index in [-0.39, 0.29) is 11.6 Å². The van der Waals surface area contributed by atoms with E-state index in [0.29, 0.717) is 12.0 Å². The zero-order valence-corrected chi connectivity index (χ0v) is 13.1. The minimum absolute atomic E-state index is 0.141. The lowest BCUT2D eigenvalue weighted by Gasteiger charge is -2.40. The second-order valence-corrected chi connectivity index (χ2v) is 6.24. The van der Waals surface area contributed by atoms with Crippen LogP contribution in [-0.2, 0) is 0 Å². The van der Waals surface area contributed by atoms with Gasteiger partial charge in [0.2, 0.25) is 0 Å². The minimum Gasteiger partial charge on any atom is -0.314 e. The van der Waals surface area contributed by atoms with Crippen LogP contribution in [0, 0.1) is 23.1 Å². The molecule has 1 N–H and O–H groups in total. The number of nitrogens with one attached hydrogen (secondary N) is 1. The molecule has 1 aromatic rings. The molecule has 0 amide bonds. The Labute approximate surface area is 126 Å². The number of benzene rings is 1. The van der Waals surface area contributed by atoms with Crippen LogP contribution in [0.4, 0.5) is 4.39 Å². The number of rotatable bonds is 4. The fourth-order valence-corrected chi connectivity index (χ4v) is 3.20. The summed E-state index contributed by atoms with van der Waals surface area (Å²) in [7, 11) is 2.11. The van der Waals surface area contributed by atoms with E-state index in [1.54, 1.807) is 6.07 Å². The van der Waals surface area contributed by atoms with Crippen LogP contribution in [0.15, 0.2) is 18.2 Å². The van der Waals surface area contributed by atoms with Crippen molar-refractivity contribution >= 4 is 0 Å². The number of likely N-dealkylation sites (tertiary alicyclic amines) is 1. The van der Waals surface area contributed by atoms with Gasteiger partial charge in [0.1, 0.15) is 11.9 Å². The highest BCUT2D eigenvalue weighted by Crippen LogP contribution is 2.35. The lowest BCUT2D eigenvalue weighted by atomic mass is 9.84. The van der Waals surface area contributed by atoms with Gasteiger partial charge in [0.25, 0.3) is 0 Å². The van der Waals surface area contributed by atoms with E-state index < -0.39 is 5.82 Å². The molecule has 0 saturated carbocycles. The Kier molecular flexibility index (Phi) is 5.33. The van der Waals surface area contributed by atoms with E-state index in [4.69, 9.17) is 5.26 Å². The van der Waals surface area contributed by atoms with Crippen molar-refractivity contribution < 1.29 is 4.39 Å². The quantitative estimate of drug-likeness (QED) is 0.926. The first-order valence-corrected chi connectivity index (χ1v) is 7.66. The van der Waals surface area contributed by atoms with Gasteiger partial charge in [-0.1, -0.05) is 19.9 Å². The molecule has 1 fully saturated rings. The molecule has 2 atom stereocenters. The molecule has 0 aliphatic carbocycles. The summed E-state index contributed by atoms with van der Waals surface area (Å²) in [5.74, 6) is 0.0553. The van der Waals surface area contributed by atoms with Gasteiger partial charge < -0.3 is 5.32 Å². The highest BCUT2D eigenvalue weighted by molar-refractivity contribution is 5.36. The van der Waals surface area contributed by atoms with Gasteiger partial charge in [0.15, 0.2) is 0 Å². The van der Waals surface area contributed by atoms with Crippen LogP contribution in [0.1, 0.15) is 43.9 Å². The summed E-state index contributed by atoms with van der Waals surface area (Å²) < 4.78 is 13.5. The van der Waals surface area contributed by atoms with Crippen LogP contribution in [0.5, 0.6) is 0 Å². The molecule has 1 heterocycles. The van der Waals surface area contributed by atoms with E-state index in [9.17, 15) is 4.39 Å². The number of piperidine rings is 1. The molecule has 114 valence electrons. The molecule has 0 bridgehead atoms. The highest BCUT2D eigenvalue weighted by atomic mass is 19.1. The van der Waals surface area contributed by atoms with E-state index in [1.165, 1.54) is 12.5 Å². The van der Waals surface area contributed by atoms with Crippen molar-refractivity contribution in [3.63, 3.8) is 0 Å². The molecule has 3 nitrogen and oxygen atoms in total. The highest BCUT2D eigenvalue weighted by Gasteiger charge is 2.30. The molecule has 1 aliphatic heterocycles. The van der Waals surface area contributed by atoms with Crippen LogP contribution in [0.25, 0.3) is 0 Å². The first kappa shape index (κ1) is 15.9. The van der Waals surface area contributed by atoms with Gasteiger partial charge in [-0.25, -0.2) is 4.39 Å². The van der Waals surface area contributed by atoms with Crippen LogP contribution < -0.4 is 5.32 Å². The first-order chi connectivity index (χ1) is 10.0. The minimum atomic E-state index is -0.434. The topological polar surface area (TPSA) is 39.1 Å². The largest absolute Gasteiger partial charge is 0.314 e. The molecule has 21 heavy (non-hydrogen) atoms. The maximum absolute atomic E-state index is 13.5. The predicted octanol–water partition coefficient (Wildman–Crippen LogP) is 3.08. The second-order valence-electron chi connectivity index (χ2n) is 6.24. The molecule has 0 radical (unpaired) electrons. The number of hydrogen-bond acceptors (Lipinski definition) is 3. The second kappa shape index (κ2) is 7.02. The van der Waals surface area contributed by atoms with Gasteiger partial charge in [0.05, 0.1) is 5.56 Å². The number of halogens is 1. The molecule has 0 spiro atoms. The van der Waals surface area contributed by atoms with Crippen molar-refractivity contribution in [2.24, 2.45) is 5.92 Å². The van der Waals surface area contributed by atoms with Crippen molar-refractivity contribution in [2.75, 3.05) is 20.1 Å². The maximum atomic E-state index is 13.5. The normalized spacial score (nSPS) is 23.2. The summed E-state index contributed by atoms with van der Waals surface area (Å²) >= 11 is 0. The molecule has 1 saturated heterocycles. The van der Waals surface area contributed by atoms with Crippen molar-refractivity contribution in [3.05, 3.63) is 35.1 Å². The average molecular weight is 289 g/mol. The van der Waals surface area contributed by atoms with Crippen LogP contribution in [0.2, 0.25) is 0 Å². The third-order valence-corrected chi connectivity index (χ3v) is 4.25. The standard InChI is InChI=1S/C17H24FN3/c1-12(2)20-11-14-5-4-8-21(3)17(14)13-6-7-16(18)15(9-13)10-19/h6-7,9,12,14,17,20H,4-5,8,11H2,1-3H3. The van der Waals surface area contributed by atoms with E-state index >= 15 is 0 Å². The fourth-order valence-electron chi connectivity index (χ4n) is 3.20. The molecule has 4 heteroatoms. The summed E-state index contributed by atoms with van der Waals surface area (Å²) in [6.45, 7) is 6.29. The fraction of sp³-hybridized carbons (Fsp3) is 0.588. The van der Waals surface area contributed by atoms with E-state index in [2.05, 4.69) is 31.1 Å². The molecular weight excluding hydrogens is 265 g/mol. The SMILES string of the molecule is CC(C)NCC1CCCN(C)C1c1ccc(F)c(C#N)c1. The Bertz CT molecular complexity index is 521. The summed E-state index contributed by atoms with van der Waals surface area (Å²) in [6, 6.07) is 7.61. The third kappa shape index (κ3) is 3.81. The van der Waals surface area contributed by atoms with Gasteiger partial charge in [-0.05, 0) is 50.0 Å². The average Bonchev–Trinajstić information content (AvgIpc) is 2.46. The Morgan fingerprint density at radius 3 is 2.90 bits per heavy atom. The van der Waals surface area contributed by atoms with Crippen LogP contribution in [-0.4, -0.2) is 31.1 Å². The zero-order chi connectivity index (χ0) is 15.4. The molecule has 2 rings (SSSR count). The molecular formula is C17H24FN3. The summed E-state index contributed by atoms with van der Waals surface area (Å²) in [6.07, 6.45) is 2.34. The lowest BCUT2D eigenvalue weighted by Crippen LogP contribution is -2.41. The lowest BCUT2D eigenvalue weighted by molar-refractivity contribution is 0.118. The van der Waals surface area contributed by atoms with Gasteiger partial charge in [-0.15, -0.1) is 0 Å². The van der Waals surface area contributed by atoms with Gasteiger partial charge in [-0.3, -0.25) is 4.90 Å². The van der Waals surface area contributed by atoms with Crippen molar-refractivity contribution in [3.8, 4) is 6.07 Å². The zero-order valence-electron chi connectivity index (χ0n) is 13.1. The maximum Gasteiger partial charge on any atom is 0.140 e. The van der Waals surface area contributed by atoms with Gasteiger partial charge in [0, 0.05) is 18.6 Å².